The molecule has 8 nitrogen and oxygen atoms in total. The van der Waals surface area contributed by atoms with Crippen LogP contribution in [0.5, 0.6) is 0 Å². The molecule has 204 valence electrons. The van der Waals surface area contributed by atoms with Gasteiger partial charge in [0.1, 0.15) is 40.3 Å². The van der Waals surface area contributed by atoms with Crippen molar-refractivity contribution >= 4 is 45.3 Å². The predicted molar refractivity (Wildman–Crippen MR) is 137 cm³/mol. The van der Waals surface area contributed by atoms with Crippen LogP contribution in [-0.2, 0) is 20.1 Å². The molecule has 1 aromatic heterocycles. The van der Waals surface area contributed by atoms with E-state index in [1.165, 1.54) is 25.3 Å². The Hall–Kier alpha value is -2.99. The number of ether oxygens (including phenoxy) is 1. The predicted octanol–water partition coefficient (Wildman–Crippen LogP) is 5.17. The SMILES string of the molecule is CC(C)(C)OC(=O)NC1=N[C@](C)(c2cc(/C=C(\F)c3cnc(Cl)cn3)ccc2F)[C@@H]2CC[C@@]1(CF)S2(=O)=O. The minimum Gasteiger partial charge on any atom is -0.444 e. The zero-order chi connectivity index (χ0) is 28.1. The zero-order valence-electron chi connectivity index (χ0n) is 21.1. The van der Waals surface area contributed by atoms with Crippen LogP contribution in [0.3, 0.4) is 0 Å². The third-order valence-electron chi connectivity index (χ3n) is 6.66. The summed E-state index contributed by atoms with van der Waals surface area (Å²) in [6, 6.07) is 3.62. The van der Waals surface area contributed by atoms with Gasteiger partial charge in [-0.2, -0.15) is 0 Å². The molecule has 1 aromatic carbocycles. The van der Waals surface area contributed by atoms with Crippen molar-refractivity contribution in [3.8, 4) is 0 Å². The summed E-state index contributed by atoms with van der Waals surface area (Å²) in [6.07, 6.45) is 2.16. The van der Waals surface area contributed by atoms with Gasteiger partial charge in [-0.05, 0) is 64.3 Å². The van der Waals surface area contributed by atoms with Crippen molar-refractivity contribution in [3.63, 3.8) is 0 Å². The second-order valence-electron chi connectivity index (χ2n) is 10.4. The number of hydrogen-bond acceptors (Lipinski definition) is 7. The number of sulfone groups is 1. The van der Waals surface area contributed by atoms with Gasteiger partial charge in [0.15, 0.2) is 20.4 Å². The van der Waals surface area contributed by atoms with E-state index >= 15 is 4.39 Å². The van der Waals surface area contributed by atoms with E-state index in [0.717, 1.165) is 18.3 Å². The van der Waals surface area contributed by atoms with Gasteiger partial charge in [-0.3, -0.25) is 10.3 Å². The number of nitrogens with one attached hydrogen (secondary N) is 1. The van der Waals surface area contributed by atoms with Crippen molar-refractivity contribution < 1.29 is 31.1 Å². The molecule has 1 amide bonds. The molecule has 0 unspecified atom stereocenters. The van der Waals surface area contributed by atoms with Gasteiger partial charge in [0.2, 0.25) is 0 Å². The van der Waals surface area contributed by atoms with Crippen molar-refractivity contribution in [2.24, 2.45) is 4.99 Å². The Bertz CT molecular complexity index is 1440. The first-order valence-corrected chi connectivity index (χ1v) is 13.6. The van der Waals surface area contributed by atoms with E-state index in [-0.39, 0.29) is 34.8 Å². The topological polar surface area (TPSA) is 111 Å². The van der Waals surface area contributed by atoms with Crippen molar-refractivity contribution in [1.82, 2.24) is 15.3 Å². The number of halogens is 4. The minimum absolute atomic E-state index is 0.0278. The van der Waals surface area contributed by atoms with E-state index in [0.29, 0.717) is 0 Å². The van der Waals surface area contributed by atoms with Gasteiger partial charge in [0, 0.05) is 5.56 Å². The van der Waals surface area contributed by atoms with Crippen LogP contribution in [0, 0.1) is 5.82 Å². The average Bonchev–Trinajstić information content (AvgIpc) is 3.01. The van der Waals surface area contributed by atoms with Gasteiger partial charge in [0.25, 0.3) is 0 Å². The number of rotatable bonds is 4. The molecular formula is C25H26ClF3N4O4S. The monoisotopic (exact) mass is 570 g/mol. The Balaban J connectivity index is 1.82. The van der Waals surface area contributed by atoms with Gasteiger partial charge < -0.3 is 4.74 Å². The first kappa shape index (κ1) is 28.0. The van der Waals surface area contributed by atoms with E-state index in [1.807, 2.05) is 0 Å². The number of fused-ring (bicyclic) bond motifs is 2. The van der Waals surface area contributed by atoms with Crippen molar-refractivity contribution in [1.29, 1.82) is 0 Å². The fourth-order valence-corrected chi connectivity index (χ4v) is 7.61. The van der Waals surface area contributed by atoms with Crippen LogP contribution in [0.4, 0.5) is 18.0 Å². The standard InChI is InChI=1S/C25H26ClF3N4O4S/c1-23(2,3)37-22(34)32-21-25(13-27)8-7-19(38(25,35)36)24(4,33-21)15-9-14(5-6-16(15)28)10-17(29)18-11-31-20(26)12-30-18/h5-6,9-12,19H,7-8,13H2,1-4H3,(H,32,33,34)/b17-10-/t19-,24+,25-/m0/s1. The highest BCUT2D eigenvalue weighted by atomic mass is 35.5. The van der Waals surface area contributed by atoms with Gasteiger partial charge in [-0.15, -0.1) is 0 Å². The Labute approximate surface area is 223 Å². The highest BCUT2D eigenvalue weighted by Crippen LogP contribution is 2.52. The molecule has 1 N–H and O–H groups in total. The number of alkyl halides is 1. The largest absolute Gasteiger partial charge is 0.444 e. The minimum atomic E-state index is -4.30. The highest BCUT2D eigenvalue weighted by Gasteiger charge is 2.66. The van der Waals surface area contributed by atoms with Gasteiger partial charge >= 0.3 is 6.09 Å². The summed E-state index contributed by atoms with van der Waals surface area (Å²) in [7, 11) is -4.30. The number of hydrogen-bond donors (Lipinski definition) is 1. The first-order valence-electron chi connectivity index (χ1n) is 11.7. The van der Waals surface area contributed by atoms with Gasteiger partial charge in [-0.1, -0.05) is 17.7 Å². The van der Waals surface area contributed by atoms with E-state index in [4.69, 9.17) is 16.3 Å². The zero-order valence-corrected chi connectivity index (χ0v) is 22.6. The second kappa shape index (κ2) is 9.64. The van der Waals surface area contributed by atoms with E-state index in [9.17, 15) is 22.0 Å². The number of alkyl carbamates (subject to hydrolysis) is 1. The fourth-order valence-electron chi connectivity index (χ4n) is 4.83. The smallest absolute Gasteiger partial charge is 0.413 e. The molecule has 0 saturated carbocycles. The molecule has 2 aliphatic heterocycles. The molecular weight excluding hydrogens is 545 g/mol. The molecule has 3 atom stereocenters. The Morgan fingerprint density at radius 1 is 1.29 bits per heavy atom. The number of carbonyl (C=O) groups excluding carboxylic acids is 1. The fraction of sp³-hybridized carbons (Fsp3) is 0.440. The summed E-state index contributed by atoms with van der Waals surface area (Å²) in [4.78, 5) is 24.6. The van der Waals surface area contributed by atoms with Crippen LogP contribution in [0.25, 0.3) is 11.9 Å². The van der Waals surface area contributed by atoms with Gasteiger partial charge in [0.05, 0.1) is 17.6 Å². The number of benzene rings is 1. The number of carbonyl (C=O) groups is 1. The third kappa shape index (κ3) is 4.79. The number of aromatic nitrogens is 2. The summed E-state index contributed by atoms with van der Waals surface area (Å²) < 4.78 is 75.0. The molecule has 0 radical (unpaired) electrons. The maximum atomic E-state index is 15.3. The lowest BCUT2D eigenvalue weighted by atomic mass is 9.86. The molecule has 2 aliphatic rings. The maximum Gasteiger partial charge on any atom is 0.413 e. The van der Waals surface area contributed by atoms with Gasteiger partial charge in [-0.25, -0.2) is 36.4 Å². The number of amides is 1. The third-order valence-corrected chi connectivity index (χ3v) is 9.90. The van der Waals surface area contributed by atoms with Crippen LogP contribution in [0.2, 0.25) is 5.15 Å². The average molecular weight is 571 g/mol. The summed E-state index contributed by atoms with van der Waals surface area (Å²) in [5.74, 6) is -2.04. The summed E-state index contributed by atoms with van der Waals surface area (Å²) in [5.41, 5.74) is -2.77. The molecule has 0 spiro atoms. The van der Waals surface area contributed by atoms with Crippen LogP contribution >= 0.6 is 11.6 Å². The van der Waals surface area contributed by atoms with Crippen LogP contribution in [0.15, 0.2) is 35.6 Å². The lowest BCUT2D eigenvalue weighted by molar-refractivity contribution is 0.0560. The number of aliphatic imine (C=N–C) groups is 1. The Morgan fingerprint density at radius 3 is 2.61 bits per heavy atom. The highest BCUT2D eigenvalue weighted by molar-refractivity contribution is 7.94. The Morgan fingerprint density at radius 2 is 2.00 bits per heavy atom. The molecule has 0 aliphatic carbocycles. The van der Waals surface area contributed by atoms with E-state index in [1.54, 1.807) is 20.8 Å². The molecule has 38 heavy (non-hydrogen) atoms. The lowest BCUT2D eigenvalue weighted by Crippen LogP contribution is -2.61. The summed E-state index contributed by atoms with van der Waals surface area (Å²) >= 11 is 5.69. The molecule has 2 aromatic rings. The maximum absolute atomic E-state index is 15.3. The van der Waals surface area contributed by atoms with E-state index in [2.05, 4.69) is 20.3 Å². The quantitative estimate of drug-likeness (QED) is 0.543. The molecule has 2 bridgehead atoms. The first-order chi connectivity index (χ1) is 17.6. The van der Waals surface area contributed by atoms with Crippen molar-refractivity contribution in [2.45, 2.75) is 61.7 Å². The van der Waals surface area contributed by atoms with E-state index < -0.39 is 61.2 Å². The summed E-state index contributed by atoms with van der Waals surface area (Å²) in [6.45, 7) is 4.89. The molecule has 13 heteroatoms. The molecule has 1 saturated heterocycles. The van der Waals surface area contributed by atoms with Crippen LogP contribution < -0.4 is 5.32 Å². The Kier molecular flexibility index (Phi) is 7.11. The molecule has 1 fully saturated rings. The normalized spacial score (nSPS) is 26.6. The lowest BCUT2D eigenvalue weighted by Gasteiger charge is -2.40. The molecule has 3 heterocycles. The van der Waals surface area contributed by atoms with Crippen LogP contribution in [-0.4, -0.2) is 52.6 Å². The van der Waals surface area contributed by atoms with Crippen molar-refractivity contribution in [2.75, 3.05) is 6.67 Å². The summed E-state index contributed by atoms with van der Waals surface area (Å²) in [5, 5.41) is 1.11. The van der Waals surface area contributed by atoms with Crippen LogP contribution in [0.1, 0.15) is 57.4 Å². The second-order valence-corrected chi connectivity index (χ2v) is 13.2. The number of amidine groups is 1. The number of nitrogens with zero attached hydrogens (tertiary/aromatic N) is 3. The van der Waals surface area contributed by atoms with Crippen molar-refractivity contribution in [3.05, 3.63) is 58.4 Å². The molecule has 4 rings (SSSR count).